The Morgan fingerprint density at radius 1 is 1.12 bits per heavy atom. The summed E-state index contributed by atoms with van der Waals surface area (Å²) in [5.41, 5.74) is 6.59. The molecule has 0 aliphatic carbocycles. The maximum absolute atomic E-state index is 12.2. The molecular formula is C12H11F2NOS. The third-order valence-electron chi connectivity index (χ3n) is 2.32. The maximum Gasteiger partial charge on any atom is 0.387 e. The molecule has 0 bridgehead atoms. The molecule has 0 fully saturated rings. The van der Waals surface area contributed by atoms with Gasteiger partial charge in [-0.15, -0.1) is 11.3 Å². The second-order valence-electron chi connectivity index (χ2n) is 3.41. The zero-order chi connectivity index (χ0) is 12.3. The van der Waals surface area contributed by atoms with Gasteiger partial charge in [-0.1, -0.05) is 24.3 Å². The Morgan fingerprint density at radius 2 is 1.88 bits per heavy atom. The molecule has 0 saturated carbocycles. The van der Waals surface area contributed by atoms with Crippen LogP contribution >= 0.6 is 11.3 Å². The number of benzene rings is 1. The van der Waals surface area contributed by atoms with Crippen LogP contribution in [0, 0.1) is 0 Å². The van der Waals surface area contributed by atoms with Crippen LogP contribution in [-0.2, 0) is 0 Å². The smallest absolute Gasteiger partial charge is 0.387 e. The summed E-state index contributed by atoms with van der Waals surface area (Å²) in [4.78, 5) is 0.912. The number of thiophene rings is 1. The molecule has 0 aliphatic heterocycles. The highest BCUT2D eigenvalue weighted by molar-refractivity contribution is 7.10. The van der Waals surface area contributed by atoms with Gasteiger partial charge in [-0.05, 0) is 17.5 Å². The van der Waals surface area contributed by atoms with E-state index in [0.717, 1.165) is 4.88 Å². The minimum absolute atomic E-state index is 0.128. The minimum atomic E-state index is -2.84. The van der Waals surface area contributed by atoms with Crippen LogP contribution in [-0.4, -0.2) is 6.61 Å². The summed E-state index contributed by atoms with van der Waals surface area (Å²) in [6.07, 6.45) is 0. The van der Waals surface area contributed by atoms with Crippen molar-refractivity contribution in [1.82, 2.24) is 0 Å². The average Bonchev–Trinajstić information content (AvgIpc) is 2.81. The summed E-state index contributed by atoms with van der Waals surface area (Å²) in [5, 5.41) is 1.89. The van der Waals surface area contributed by atoms with Crippen molar-refractivity contribution in [3.05, 3.63) is 52.2 Å². The molecule has 1 aromatic carbocycles. The first kappa shape index (κ1) is 12.0. The Morgan fingerprint density at radius 3 is 2.53 bits per heavy atom. The lowest BCUT2D eigenvalue weighted by molar-refractivity contribution is -0.0505. The number of ether oxygens (including phenoxy) is 1. The predicted molar refractivity (Wildman–Crippen MR) is 63.4 cm³/mol. The van der Waals surface area contributed by atoms with E-state index in [1.807, 2.05) is 17.5 Å². The second-order valence-corrected chi connectivity index (χ2v) is 4.39. The van der Waals surface area contributed by atoms with Crippen molar-refractivity contribution in [3.8, 4) is 5.75 Å². The van der Waals surface area contributed by atoms with E-state index >= 15 is 0 Å². The van der Waals surface area contributed by atoms with Crippen LogP contribution in [0.4, 0.5) is 8.78 Å². The lowest BCUT2D eigenvalue weighted by atomic mass is 10.1. The first-order valence-corrected chi connectivity index (χ1v) is 5.89. The molecule has 2 aromatic rings. The number of para-hydroxylation sites is 1. The SMILES string of the molecule is N[C@@H](c1cccs1)c1ccccc1OC(F)F. The van der Waals surface area contributed by atoms with Gasteiger partial charge in [0.15, 0.2) is 0 Å². The third kappa shape index (κ3) is 2.81. The van der Waals surface area contributed by atoms with Crippen LogP contribution in [0.5, 0.6) is 5.75 Å². The highest BCUT2D eigenvalue weighted by atomic mass is 32.1. The summed E-state index contributed by atoms with van der Waals surface area (Å²) < 4.78 is 28.9. The Bertz CT molecular complexity index is 473. The van der Waals surface area contributed by atoms with Crippen molar-refractivity contribution in [2.75, 3.05) is 0 Å². The fraction of sp³-hybridized carbons (Fsp3) is 0.167. The summed E-state index contributed by atoms with van der Waals surface area (Å²) in [6.45, 7) is -2.84. The van der Waals surface area contributed by atoms with E-state index in [1.54, 1.807) is 18.2 Å². The van der Waals surface area contributed by atoms with Gasteiger partial charge >= 0.3 is 6.61 Å². The third-order valence-corrected chi connectivity index (χ3v) is 3.28. The highest BCUT2D eigenvalue weighted by Gasteiger charge is 2.16. The van der Waals surface area contributed by atoms with E-state index in [1.165, 1.54) is 17.4 Å². The first-order chi connectivity index (χ1) is 8.18. The fourth-order valence-electron chi connectivity index (χ4n) is 1.56. The molecule has 2 N–H and O–H groups in total. The van der Waals surface area contributed by atoms with Crippen LogP contribution in [0.3, 0.4) is 0 Å². The number of nitrogens with two attached hydrogens (primary N) is 1. The van der Waals surface area contributed by atoms with E-state index in [4.69, 9.17) is 5.73 Å². The largest absolute Gasteiger partial charge is 0.434 e. The molecule has 0 unspecified atom stereocenters. The summed E-state index contributed by atoms with van der Waals surface area (Å²) in [5.74, 6) is 0.128. The Hall–Kier alpha value is -1.46. The normalized spacial score (nSPS) is 12.7. The van der Waals surface area contributed by atoms with Gasteiger partial charge in [-0.2, -0.15) is 8.78 Å². The van der Waals surface area contributed by atoms with E-state index in [2.05, 4.69) is 4.74 Å². The number of rotatable bonds is 4. The molecular weight excluding hydrogens is 244 g/mol. The van der Waals surface area contributed by atoms with Gasteiger partial charge in [-0.25, -0.2) is 0 Å². The fourth-order valence-corrected chi connectivity index (χ4v) is 2.31. The second kappa shape index (κ2) is 5.25. The van der Waals surface area contributed by atoms with Crippen LogP contribution < -0.4 is 10.5 Å². The maximum atomic E-state index is 12.2. The minimum Gasteiger partial charge on any atom is -0.434 e. The van der Waals surface area contributed by atoms with Crippen LogP contribution in [0.25, 0.3) is 0 Å². The summed E-state index contributed by atoms with van der Waals surface area (Å²) in [6, 6.07) is 9.89. The van der Waals surface area contributed by atoms with Gasteiger partial charge in [0.05, 0.1) is 6.04 Å². The molecule has 1 heterocycles. The van der Waals surface area contributed by atoms with Crippen LogP contribution in [0.2, 0.25) is 0 Å². The standard InChI is InChI=1S/C12H11F2NOS/c13-12(14)16-9-5-2-1-4-8(9)11(15)10-6-3-7-17-10/h1-7,11-12H,15H2/t11-/m1/s1. The van der Waals surface area contributed by atoms with E-state index < -0.39 is 12.7 Å². The number of hydrogen-bond acceptors (Lipinski definition) is 3. The average molecular weight is 255 g/mol. The molecule has 90 valence electrons. The molecule has 2 nitrogen and oxygen atoms in total. The monoisotopic (exact) mass is 255 g/mol. The van der Waals surface area contributed by atoms with Crippen molar-refractivity contribution < 1.29 is 13.5 Å². The topological polar surface area (TPSA) is 35.2 Å². The van der Waals surface area contributed by atoms with Crippen molar-refractivity contribution in [2.45, 2.75) is 12.7 Å². The van der Waals surface area contributed by atoms with Gasteiger partial charge in [0.25, 0.3) is 0 Å². The van der Waals surface area contributed by atoms with Gasteiger partial charge < -0.3 is 10.5 Å². The molecule has 17 heavy (non-hydrogen) atoms. The Balaban J connectivity index is 2.31. The molecule has 0 saturated heterocycles. The van der Waals surface area contributed by atoms with Crippen molar-refractivity contribution in [3.63, 3.8) is 0 Å². The van der Waals surface area contributed by atoms with Crippen LogP contribution in [0.15, 0.2) is 41.8 Å². The van der Waals surface area contributed by atoms with Gasteiger partial charge in [0, 0.05) is 10.4 Å². The first-order valence-electron chi connectivity index (χ1n) is 5.01. The predicted octanol–water partition coefficient (Wildman–Crippen LogP) is 3.40. The van der Waals surface area contributed by atoms with Gasteiger partial charge in [0.1, 0.15) is 5.75 Å². The van der Waals surface area contributed by atoms with Crippen molar-refractivity contribution in [2.24, 2.45) is 5.73 Å². The van der Waals surface area contributed by atoms with Crippen molar-refractivity contribution in [1.29, 1.82) is 0 Å². The number of alkyl halides is 2. The van der Waals surface area contributed by atoms with Crippen molar-refractivity contribution >= 4 is 11.3 Å². The summed E-state index contributed by atoms with van der Waals surface area (Å²) >= 11 is 1.49. The van der Waals surface area contributed by atoms with Gasteiger partial charge in [0.2, 0.25) is 0 Å². The number of halogens is 2. The van der Waals surface area contributed by atoms with Gasteiger partial charge in [-0.3, -0.25) is 0 Å². The quantitative estimate of drug-likeness (QED) is 0.908. The Labute approximate surface area is 102 Å². The lowest BCUT2D eigenvalue weighted by Crippen LogP contribution is -2.13. The molecule has 1 aromatic heterocycles. The van der Waals surface area contributed by atoms with Crippen LogP contribution in [0.1, 0.15) is 16.5 Å². The molecule has 0 radical (unpaired) electrons. The zero-order valence-electron chi connectivity index (χ0n) is 8.85. The molecule has 2 rings (SSSR count). The molecule has 0 spiro atoms. The lowest BCUT2D eigenvalue weighted by Gasteiger charge is -2.15. The summed E-state index contributed by atoms with van der Waals surface area (Å²) in [7, 11) is 0. The van der Waals surface area contributed by atoms with E-state index in [9.17, 15) is 8.78 Å². The molecule has 0 amide bonds. The van der Waals surface area contributed by atoms with E-state index in [0.29, 0.717) is 5.56 Å². The Kier molecular flexibility index (Phi) is 3.71. The molecule has 5 heteroatoms. The van der Waals surface area contributed by atoms with E-state index in [-0.39, 0.29) is 5.75 Å². The highest BCUT2D eigenvalue weighted by Crippen LogP contribution is 2.31. The molecule has 0 aliphatic rings. The zero-order valence-corrected chi connectivity index (χ0v) is 9.66. The number of hydrogen-bond donors (Lipinski definition) is 1. The molecule has 1 atom stereocenters.